The second kappa shape index (κ2) is 4.77. The van der Waals surface area contributed by atoms with E-state index in [-0.39, 0.29) is 27.9 Å². The van der Waals surface area contributed by atoms with Gasteiger partial charge in [0, 0.05) is 16.6 Å². The molecule has 0 atom stereocenters. The molecule has 1 aromatic carbocycles. The Bertz CT molecular complexity index is 654. The van der Waals surface area contributed by atoms with Crippen molar-refractivity contribution in [2.24, 2.45) is 0 Å². The summed E-state index contributed by atoms with van der Waals surface area (Å²) >= 11 is 0. The first-order chi connectivity index (χ1) is 9.20. The van der Waals surface area contributed by atoms with Crippen molar-refractivity contribution in [3.05, 3.63) is 29.5 Å². The van der Waals surface area contributed by atoms with Gasteiger partial charge in [0.05, 0.1) is 5.52 Å². The molecule has 2 N–H and O–H groups in total. The van der Waals surface area contributed by atoms with Gasteiger partial charge in [0.25, 0.3) is 0 Å². The van der Waals surface area contributed by atoms with E-state index in [0.717, 1.165) is 18.2 Å². The monoisotopic (exact) mass is 292 g/mol. The fraction of sp³-hybridized carbons (Fsp3) is 0.250. The average Bonchev–Trinajstić information content (AvgIpc) is 2.32. The summed E-state index contributed by atoms with van der Waals surface area (Å²) < 4.78 is 66.7. The number of hydrogen-bond donors (Lipinski definition) is 1. The highest BCUT2D eigenvalue weighted by Crippen LogP contribution is 2.36. The van der Waals surface area contributed by atoms with E-state index in [0.29, 0.717) is 0 Å². The molecule has 0 saturated heterocycles. The molecule has 1 heterocycles. The van der Waals surface area contributed by atoms with Crippen LogP contribution in [0, 0.1) is 6.92 Å². The molecule has 0 radical (unpaired) electrons. The summed E-state index contributed by atoms with van der Waals surface area (Å²) in [6.45, 7) is -1.86. The fourth-order valence-corrected chi connectivity index (χ4v) is 1.81. The molecule has 0 fully saturated rings. The second-order valence-electron chi connectivity index (χ2n) is 4.05. The largest absolute Gasteiger partial charge is 0.435 e. The van der Waals surface area contributed by atoms with Gasteiger partial charge in [0.1, 0.15) is 11.4 Å². The highest BCUT2D eigenvalue weighted by atomic mass is 19.4. The zero-order valence-electron chi connectivity index (χ0n) is 10.1. The van der Waals surface area contributed by atoms with Crippen LogP contribution in [0.15, 0.2) is 18.2 Å². The van der Waals surface area contributed by atoms with Crippen molar-refractivity contribution in [1.82, 2.24) is 4.98 Å². The Morgan fingerprint density at radius 2 is 1.90 bits per heavy atom. The van der Waals surface area contributed by atoms with Gasteiger partial charge in [-0.1, -0.05) is 0 Å². The molecular formula is C12H9F5N2O. The minimum absolute atomic E-state index is 0.0398. The maximum absolute atomic E-state index is 12.8. The topological polar surface area (TPSA) is 48.1 Å². The number of alkyl halides is 5. The lowest BCUT2D eigenvalue weighted by Gasteiger charge is -2.14. The maximum Gasteiger partial charge on any atom is 0.433 e. The number of nitrogen functional groups attached to an aromatic ring is 1. The van der Waals surface area contributed by atoms with Crippen LogP contribution >= 0.6 is 0 Å². The first kappa shape index (κ1) is 14.3. The third kappa shape index (κ3) is 2.59. The summed E-state index contributed by atoms with van der Waals surface area (Å²) in [7, 11) is 0. The highest BCUT2D eigenvalue weighted by molar-refractivity contribution is 5.93. The van der Waals surface area contributed by atoms with Crippen LogP contribution in [0.25, 0.3) is 10.9 Å². The van der Waals surface area contributed by atoms with Gasteiger partial charge in [-0.3, -0.25) is 0 Å². The van der Waals surface area contributed by atoms with Crippen LogP contribution in [0.1, 0.15) is 11.3 Å². The van der Waals surface area contributed by atoms with Crippen molar-refractivity contribution in [3.63, 3.8) is 0 Å². The average molecular weight is 292 g/mol. The van der Waals surface area contributed by atoms with E-state index in [1.165, 1.54) is 6.92 Å². The molecule has 0 amide bonds. The van der Waals surface area contributed by atoms with Gasteiger partial charge >= 0.3 is 12.8 Å². The van der Waals surface area contributed by atoms with E-state index >= 15 is 0 Å². The number of ether oxygens (including phenoxy) is 1. The molecule has 20 heavy (non-hydrogen) atoms. The molecule has 0 unspecified atom stereocenters. The summed E-state index contributed by atoms with van der Waals surface area (Å²) in [5.41, 5.74) is 4.08. The lowest BCUT2D eigenvalue weighted by Crippen LogP contribution is -2.12. The van der Waals surface area contributed by atoms with Crippen LogP contribution in [-0.4, -0.2) is 11.6 Å². The number of hydrogen-bond acceptors (Lipinski definition) is 3. The smallest absolute Gasteiger partial charge is 0.433 e. The summed E-state index contributed by atoms with van der Waals surface area (Å²) in [5.74, 6) is -0.194. The molecule has 0 aliphatic carbocycles. The van der Waals surface area contributed by atoms with E-state index in [4.69, 9.17) is 5.73 Å². The number of aromatic nitrogens is 1. The zero-order valence-corrected chi connectivity index (χ0v) is 10.1. The number of fused-ring (bicyclic) bond motifs is 1. The first-order valence-electron chi connectivity index (χ1n) is 5.42. The van der Waals surface area contributed by atoms with Crippen molar-refractivity contribution in [2.75, 3.05) is 5.73 Å². The van der Waals surface area contributed by atoms with Crippen molar-refractivity contribution in [2.45, 2.75) is 19.7 Å². The Hall–Kier alpha value is -2.12. The molecule has 2 aromatic rings. The van der Waals surface area contributed by atoms with Crippen LogP contribution in [0.5, 0.6) is 5.75 Å². The number of benzene rings is 1. The van der Waals surface area contributed by atoms with E-state index in [1.54, 1.807) is 0 Å². The van der Waals surface area contributed by atoms with Crippen LogP contribution in [0.2, 0.25) is 0 Å². The fourth-order valence-electron chi connectivity index (χ4n) is 1.81. The molecular weight excluding hydrogens is 283 g/mol. The SMILES string of the molecule is Cc1c(C(F)(F)F)nc2ccc(OC(F)F)cc2c1N. The third-order valence-electron chi connectivity index (χ3n) is 2.74. The normalized spacial score (nSPS) is 12.2. The predicted octanol–water partition coefficient (Wildman–Crippen LogP) is 3.75. The number of pyridine rings is 1. The highest BCUT2D eigenvalue weighted by Gasteiger charge is 2.35. The standard InChI is InChI=1S/C12H9F5N2O/c1-5-9(18)7-4-6(20-11(13)14)2-3-8(7)19-10(5)12(15,16)17/h2-4,11H,1H3,(H2,18,19). The molecule has 108 valence electrons. The van der Waals surface area contributed by atoms with Crippen molar-refractivity contribution in [1.29, 1.82) is 0 Å². The van der Waals surface area contributed by atoms with Gasteiger partial charge in [0.2, 0.25) is 0 Å². The van der Waals surface area contributed by atoms with Gasteiger partial charge in [-0.25, -0.2) is 4.98 Å². The van der Waals surface area contributed by atoms with E-state index < -0.39 is 18.5 Å². The second-order valence-corrected chi connectivity index (χ2v) is 4.05. The van der Waals surface area contributed by atoms with Crippen molar-refractivity contribution >= 4 is 16.6 Å². The Kier molecular flexibility index (Phi) is 3.41. The van der Waals surface area contributed by atoms with Crippen molar-refractivity contribution in [3.8, 4) is 5.75 Å². The summed E-state index contributed by atoms with van der Waals surface area (Å²) in [6.07, 6.45) is -4.63. The lowest BCUT2D eigenvalue weighted by atomic mass is 10.1. The predicted molar refractivity (Wildman–Crippen MR) is 62.5 cm³/mol. The van der Waals surface area contributed by atoms with E-state index in [2.05, 4.69) is 9.72 Å². The molecule has 2 rings (SSSR count). The lowest BCUT2D eigenvalue weighted by molar-refractivity contribution is -0.141. The summed E-state index contributed by atoms with van der Waals surface area (Å²) in [4.78, 5) is 3.48. The van der Waals surface area contributed by atoms with Crippen LogP contribution in [-0.2, 0) is 6.18 Å². The Balaban J connectivity index is 2.64. The molecule has 0 bridgehead atoms. The molecule has 0 aliphatic rings. The van der Waals surface area contributed by atoms with Crippen molar-refractivity contribution < 1.29 is 26.7 Å². The van der Waals surface area contributed by atoms with E-state index in [1.807, 2.05) is 0 Å². The molecule has 8 heteroatoms. The van der Waals surface area contributed by atoms with E-state index in [9.17, 15) is 22.0 Å². The number of halogens is 5. The minimum Gasteiger partial charge on any atom is -0.435 e. The van der Waals surface area contributed by atoms with Crippen LogP contribution in [0.3, 0.4) is 0 Å². The van der Waals surface area contributed by atoms with Gasteiger partial charge in [-0.05, 0) is 25.1 Å². The van der Waals surface area contributed by atoms with Crippen LogP contribution < -0.4 is 10.5 Å². The minimum atomic E-state index is -4.63. The maximum atomic E-state index is 12.8. The molecule has 0 saturated carbocycles. The quantitative estimate of drug-likeness (QED) is 0.858. The van der Waals surface area contributed by atoms with Gasteiger partial charge in [0.15, 0.2) is 0 Å². The van der Waals surface area contributed by atoms with Gasteiger partial charge < -0.3 is 10.5 Å². The molecule has 0 spiro atoms. The first-order valence-corrected chi connectivity index (χ1v) is 5.42. The molecule has 1 aromatic heterocycles. The number of nitrogens with two attached hydrogens (primary N) is 1. The Morgan fingerprint density at radius 1 is 1.25 bits per heavy atom. The molecule has 0 aliphatic heterocycles. The summed E-state index contributed by atoms with van der Waals surface area (Å²) in [6, 6.07) is 3.39. The van der Waals surface area contributed by atoms with Gasteiger partial charge in [-0.2, -0.15) is 22.0 Å². The third-order valence-corrected chi connectivity index (χ3v) is 2.74. The number of nitrogens with zero attached hydrogens (tertiary/aromatic N) is 1. The van der Waals surface area contributed by atoms with Crippen LogP contribution in [0.4, 0.5) is 27.6 Å². The number of anilines is 1. The number of rotatable bonds is 2. The summed E-state index contributed by atoms with van der Waals surface area (Å²) in [5, 5.41) is 0.133. The molecule has 3 nitrogen and oxygen atoms in total. The Morgan fingerprint density at radius 3 is 2.45 bits per heavy atom. The van der Waals surface area contributed by atoms with Gasteiger partial charge in [-0.15, -0.1) is 0 Å². The zero-order chi connectivity index (χ0) is 15.1. The Labute approximate surface area is 110 Å².